The van der Waals surface area contributed by atoms with E-state index in [0.29, 0.717) is 11.4 Å². The molecule has 0 saturated carbocycles. The summed E-state index contributed by atoms with van der Waals surface area (Å²) in [5.41, 5.74) is 3.33. The molecule has 0 unspecified atom stereocenters. The Labute approximate surface area is 184 Å². The minimum Gasteiger partial charge on any atom is -0.370 e. The van der Waals surface area contributed by atoms with Crippen LogP contribution >= 0.6 is 0 Å². The summed E-state index contributed by atoms with van der Waals surface area (Å²) in [5, 5.41) is 1.94. The fraction of sp³-hybridized carbons (Fsp3) is 0.360. The first kappa shape index (κ1) is 20.3. The van der Waals surface area contributed by atoms with E-state index in [9.17, 15) is 8.42 Å². The Bertz CT molecular complexity index is 1190. The molecule has 2 aliphatic heterocycles. The van der Waals surface area contributed by atoms with Crippen LogP contribution in [0.15, 0.2) is 65.6 Å². The number of benzene rings is 3. The molecule has 2 aliphatic rings. The van der Waals surface area contributed by atoms with Crippen molar-refractivity contribution in [1.82, 2.24) is 4.90 Å². The van der Waals surface area contributed by atoms with Crippen molar-refractivity contribution < 1.29 is 8.42 Å². The van der Waals surface area contributed by atoms with E-state index in [1.165, 1.54) is 5.56 Å². The van der Waals surface area contributed by atoms with Crippen LogP contribution in [-0.4, -0.2) is 46.0 Å². The Kier molecular flexibility index (Phi) is 5.36. The zero-order chi connectivity index (χ0) is 21.4. The fourth-order valence-corrected chi connectivity index (χ4v) is 6.74. The highest BCUT2D eigenvalue weighted by molar-refractivity contribution is 7.93. The first-order valence-corrected chi connectivity index (χ1v) is 12.6. The first-order chi connectivity index (χ1) is 15.1. The van der Waals surface area contributed by atoms with E-state index < -0.39 is 10.0 Å². The molecule has 5 nitrogen and oxygen atoms in total. The summed E-state index contributed by atoms with van der Waals surface area (Å²) in [6.45, 7) is 7.50. The third kappa shape index (κ3) is 3.58. The van der Waals surface area contributed by atoms with Gasteiger partial charge in [-0.2, -0.15) is 0 Å². The van der Waals surface area contributed by atoms with Crippen LogP contribution in [0.1, 0.15) is 25.3 Å². The molecule has 0 amide bonds. The molecule has 3 aromatic rings. The van der Waals surface area contributed by atoms with Crippen molar-refractivity contribution in [3.05, 3.63) is 66.2 Å². The number of rotatable bonds is 5. The minimum absolute atomic E-state index is 0.454. The molecule has 1 fully saturated rings. The Balaban J connectivity index is 1.45. The van der Waals surface area contributed by atoms with Gasteiger partial charge in [-0.3, -0.25) is 9.21 Å². The van der Waals surface area contributed by atoms with Gasteiger partial charge in [0.15, 0.2) is 0 Å². The molecule has 0 N–H and O–H groups in total. The van der Waals surface area contributed by atoms with Crippen LogP contribution < -0.4 is 9.21 Å². The summed E-state index contributed by atoms with van der Waals surface area (Å²) >= 11 is 0. The van der Waals surface area contributed by atoms with Crippen LogP contribution in [0.4, 0.5) is 11.4 Å². The molecular formula is C25H29N3O2S. The monoisotopic (exact) mass is 435 g/mol. The molecule has 2 heterocycles. The summed E-state index contributed by atoms with van der Waals surface area (Å²) in [4.78, 5) is 5.40. The van der Waals surface area contributed by atoms with Crippen LogP contribution in [0, 0.1) is 0 Å². The molecule has 0 bridgehead atoms. The predicted octanol–water partition coefficient (Wildman–Crippen LogP) is 4.47. The van der Waals surface area contributed by atoms with E-state index in [2.05, 4.69) is 52.3 Å². The van der Waals surface area contributed by atoms with Crippen LogP contribution in [0.3, 0.4) is 0 Å². The molecule has 0 aromatic heterocycles. The van der Waals surface area contributed by atoms with Crippen molar-refractivity contribution >= 4 is 32.2 Å². The van der Waals surface area contributed by atoms with Gasteiger partial charge in [-0.15, -0.1) is 0 Å². The van der Waals surface area contributed by atoms with Crippen molar-refractivity contribution in [2.75, 3.05) is 41.9 Å². The minimum atomic E-state index is -3.45. The van der Waals surface area contributed by atoms with Gasteiger partial charge in [0.25, 0.3) is 10.0 Å². The SMILES string of the molecule is CCCN1c2ccc(N3CCCN(Cc4ccccc4)CC3)c3cccc(c23)S1(=O)=O. The summed E-state index contributed by atoms with van der Waals surface area (Å²) in [6, 6.07) is 20.5. The number of hydrogen-bond donors (Lipinski definition) is 0. The number of anilines is 2. The van der Waals surface area contributed by atoms with Gasteiger partial charge < -0.3 is 4.90 Å². The topological polar surface area (TPSA) is 43.9 Å². The molecular weight excluding hydrogens is 406 g/mol. The van der Waals surface area contributed by atoms with E-state index in [4.69, 9.17) is 0 Å². The average Bonchev–Trinajstić information content (AvgIpc) is 2.92. The fourth-order valence-electron chi connectivity index (χ4n) is 4.94. The van der Waals surface area contributed by atoms with Crippen molar-refractivity contribution in [2.24, 2.45) is 0 Å². The second-order valence-corrected chi connectivity index (χ2v) is 10.3. The Morgan fingerprint density at radius 2 is 1.65 bits per heavy atom. The van der Waals surface area contributed by atoms with Crippen LogP contribution in [0.2, 0.25) is 0 Å². The lowest BCUT2D eigenvalue weighted by Gasteiger charge is -2.26. The maximum atomic E-state index is 13.1. The highest BCUT2D eigenvalue weighted by Crippen LogP contribution is 2.45. The van der Waals surface area contributed by atoms with E-state index >= 15 is 0 Å². The van der Waals surface area contributed by atoms with Crippen LogP contribution in [0.25, 0.3) is 10.8 Å². The van der Waals surface area contributed by atoms with Gasteiger partial charge in [-0.25, -0.2) is 8.42 Å². The third-order valence-electron chi connectivity index (χ3n) is 6.40. The number of hydrogen-bond acceptors (Lipinski definition) is 4. The molecule has 0 spiro atoms. The average molecular weight is 436 g/mol. The zero-order valence-electron chi connectivity index (χ0n) is 18.0. The van der Waals surface area contributed by atoms with Gasteiger partial charge in [0, 0.05) is 55.7 Å². The van der Waals surface area contributed by atoms with Gasteiger partial charge in [0.1, 0.15) is 0 Å². The lowest BCUT2D eigenvalue weighted by atomic mass is 10.1. The standard InChI is InChI=1S/C25H29N3O2S/c1-2-14-28-23-13-12-22(21-10-6-11-24(25(21)23)31(28,29)30)27-16-7-15-26(17-18-27)19-20-8-4-3-5-9-20/h3-6,8-13H,2,7,14-19H2,1H3. The van der Waals surface area contributed by atoms with Crippen LogP contribution in [0.5, 0.6) is 0 Å². The van der Waals surface area contributed by atoms with Gasteiger partial charge in [-0.1, -0.05) is 49.4 Å². The highest BCUT2D eigenvalue weighted by atomic mass is 32.2. The maximum Gasteiger partial charge on any atom is 0.265 e. The molecule has 0 radical (unpaired) electrons. The lowest BCUT2D eigenvalue weighted by Crippen LogP contribution is -2.30. The lowest BCUT2D eigenvalue weighted by molar-refractivity contribution is 0.285. The molecule has 6 heteroatoms. The van der Waals surface area contributed by atoms with Crippen molar-refractivity contribution in [3.8, 4) is 0 Å². The van der Waals surface area contributed by atoms with E-state index in [1.807, 2.05) is 19.1 Å². The van der Waals surface area contributed by atoms with E-state index in [1.54, 1.807) is 10.4 Å². The largest absolute Gasteiger partial charge is 0.370 e. The normalized spacial score (nSPS) is 18.5. The van der Waals surface area contributed by atoms with Gasteiger partial charge in [-0.05, 0) is 36.6 Å². The van der Waals surface area contributed by atoms with E-state index in [-0.39, 0.29) is 0 Å². The second-order valence-electron chi connectivity index (χ2n) is 8.46. The molecule has 31 heavy (non-hydrogen) atoms. The van der Waals surface area contributed by atoms with Crippen LogP contribution in [-0.2, 0) is 16.6 Å². The first-order valence-electron chi connectivity index (χ1n) is 11.2. The summed E-state index contributed by atoms with van der Waals surface area (Å²) in [6.07, 6.45) is 1.88. The smallest absolute Gasteiger partial charge is 0.265 e. The predicted molar refractivity (Wildman–Crippen MR) is 127 cm³/mol. The van der Waals surface area contributed by atoms with Crippen molar-refractivity contribution in [2.45, 2.75) is 31.2 Å². The molecule has 162 valence electrons. The zero-order valence-corrected chi connectivity index (χ0v) is 18.8. The number of sulfonamides is 1. The number of nitrogens with zero attached hydrogens (tertiary/aromatic N) is 3. The van der Waals surface area contributed by atoms with Crippen molar-refractivity contribution in [1.29, 1.82) is 0 Å². The second kappa shape index (κ2) is 8.17. The quantitative estimate of drug-likeness (QED) is 0.593. The molecule has 0 atom stereocenters. The molecule has 0 aliphatic carbocycles. The Hall–Kier alpha value is -2.57. The highest BCUT2D eigenvalue weighted by Gasteiger charge is 2.36. The van der Waals surface area contributed by atoms with Crippen molar-refractivity contribution in [3.63, 3.8) is 0 Å². The van der Waals surface area contributed by atoms with Gasteiger partial charge in [0.2, 0.25) is 0 Å². The Morgan fingerprint density at radius 1 is 0.839 bits per heavy atom. The van der Waals surface area contributed by atoms with E-state index in [0.717, 1.165) is 67.7 Å². The third-order valence-corrected chi connectivity index (χ3v) is 8.25. The van der Waals surface area contributed by atoms with Gasteiger partial charge >= 0.3 is 0 Å². The Morgan fingerprint density at radius 3 is 2.45 bits per heavy atom. The summed E-state index contributed by atoms with van der Waals surface area (Å²) in [5.74, 6) is 0. The summed E-state index contributed by atoms with van der Waals surface area (Å²) in [7, 11) is -3.45. The maximum absolute atomic E-state index is 13.1. The molecule has 3 aromatic carbocycles. The van der Waals surface area contributed by atoms with Gasteiger partial charge in [0.05, 0.1) is 10.6 Å². The summed E-state index contributed by atoms with van der Waals surface area (Å²) < 4.78 is 27.8. The molecule has 1 saturated heterocycles. The molecule has 5 rings (SSSR count).